The quantitative estimate of drug-likeness (QED) is 0.0877. The smallest absolute Gasteiger partial charge is 0.340 e. The van der Waals surface area contributed by atoms with Crippen molar-refractivity contribution in [2.24, 2.45) is 0 Å². The lowest BCUT2D eigenvalue weighted by Crippen LogP contribution is -2.55. The molecule has 284 valence electrons. The average Bonchev–Trinajstić information content (AvgIpc) is 3.05. The van der Waals surface area contributed by atoms with Gasteiger partial charge in [0.05, 0.1) is 42.0 Å². The van der Waals surface area contributed by atoms with Crippen LogP contribution < -0.4 is 10.1 Å². The van der Waals surface area contributed by atoms with Gasteiger partial charge in [0.2, 0.25) is 11.7 Å². The van der Waals surface area contributed by atoms with E-state index in [1.54, 1.807) is 0 Å². The standard InChI is InChI=1S/C31H37NO18P2/c1-12-26(36)15(32-19(35)6-7-21(51(42,43)44)52(45,46)47)8-20(49-12)50-17-10-31(41,18(34)11-33)9-14-23(17)30(40)25-24(28(14)38)27(37)13-4-3-5-16(48-2)22(13)29(25)39/h3-5,12,15,17,20-21,26,33,36,38,40-41H,6-11H2,1-2H3,(H,32,35)(H2,42,43,44)(H2,45,46,47)/t12-,15+,17-,20-,26+,31-/m0/s1. The molecule has 1 aliphatic heterocycles. The normalized spacial score (nSPS) is 26.0. The Labute approximate surface area is 294 Å². The fourth-order valence-electron chi connectivity index (χ4n) is 6.93. The van der Waals surface area contributed by atoms with Gasteiger partial charge in [-0.1, -0.05) is 12.1 Å². The Kier molecular flexibility index (Phi) is 10.9. The molecule has 5 rings (SSSR count). The van der Waals surface area contributed by atoms with Crippen molar-refractivity contribution >= 4 is 38.4 Å². The zero-order valence-corrected chi connectivity index (χ0v) is 29.3. The minimum atomic E-state index is -5.32. The van der Waals surface area contributed by atoms with Gasteiger partial charge in [0.15, 0.2) is 23.3 Å². The number of aliphatic hydroxyl groups is 3. The molecule has 19 nitrogen and oxygen atoms in total. The van der Waals surface area contributed by atoms with E-state index in [0.717, 1.165) is 0 Å². The number of carbonyl (C=O) groups excluding carboxylic acids is 4. The summed E-state index contributed by atoms with van der Waals surface area (Å²) in [6, 6.07) is 2.95. The van der Waals surface area contributed by atoms with Crippen LogP contribution in [0.15, 0.2) is 18.2 Å². The molecule has 0 aromatic heterocycles. The minimum absolute atomic E-state index is 0.00376. The van der Waals surface area contributed by atoms with Crippen molar-refractivity contribution in [1.29, 1.82) is 0 Å². The van der Waals surface area contributed by atoms with Gasteiger partial charge in [0.25, 0.3) is 0 Å². The van der Waals surface area contributed by atoms with Gasteiger partial charge in [0, 0.05) is 42.4 Å². The number of rotatable bonds is 11. The first kappa shape index (κ1) is 39.6. The number of phenols is 2. The van der Waals surface area contributed by atoms with Gasteiger partial charge in [-0.2, -0.15) is 0 Å². The molecule has 0 radical (unpaired) electrons. The molecular weight excluding hydrogens is 736 g/mol. The molecule has 1 fully saturated rings. The van der Waals surface area contributed by atoms with Gasteiger partial charge in [-0.15, -0.1) is 0 Å². The summed E-state index contributed by atoms with van der Waals surface area (Å²) in [4.78, 5) is 90.5. The minimum Gasteiger partial charge on any atom is -0.507 e. The largest absolute Gasteiger partial charge is 0.507 e. The van der Waals surface area contributed by atoms with Crippen molar-refractivity contribution in [3.05, 3.63) is 51.6 Å². The molecule has 2 aliphatic carbocycles. The molecule has 3 aliphatic rings. The lowest BCUT2D eigenvalue weighted by Gasteiger charge is -2.43. The number of Topliss-reactive ketones (excluding diaryl/α,β-unsaturated/α-hetero) is 1. The van der Waals surface area contributed by atoms with Crippen molar-refractivity contribution in [1.82, 2.24) is 5.32 Å². The highest BCUT2D eigenvalue weighted by Gasteiger charge is 2.50. The first-order chi connectivity index (χ1) is 24.1. The van der Waals surface area contributed by atoms with E-state index in [-0.39, 0.29) is 34.4 Å². The van der Waals surface area contributed by atoms with Gasteiger partial charge in [-0.05, 0) is 19.4 Å². The highest BCUT2D eigenvalue weighted by molar-refractivity contribution is 7.70. The summed E-state index contributed by atoms with van der Waals surface area (Å²) in [6.45, 7) is 0.231. The van der Waals surface area contributed by atoms with Crippen LogP contribution in [0.2, 0.25) is 0 Å². The number of fused-ring (bicyclic) bond motifs is 3. The van der Waals surface area contributed by atoms with Crippen molar-refractivity contribution in [3.63, 3.8) is 0 Å². The first-order valence-electron chi connectivity index (χ1n) is 15.8. The SMILES string of the molecule is COc1cccc2c1C(=O)c1c(O)c3c(c(O)c1C2=O)C[C@@](O)(C(=O)CO)C[C@@H]3O[C@H]1C[C@@H](NC(=O)CCC(P(=O)(O)O)P(=O)(O)O)[C@H](O)[C@H](C)O1. The second-order valence-electron chi connectivity index (χ2n) is 12.9. The Balaban J connectivity index is 1.49. The number of phenolic OH excluding ortho intramolecular Hbond substituents is 2. The Morgan fingerprint density at radius 1 is 1.04 bits per heavy atom. The van der Waals surface area contributed by atoms with E-state index in [1.165, 1.54) is 32.2 Å². The van der Waals surface area contributed by atoms with Gasteiger partial charge >= 0.3 is 15.2 Å². The second kappa shape index (κ2) is 14.3. The predicted molar refractivity (Wildman–Crippen MR) is 173 cm³/mol. The van der Waals surface area contributed by atoms with Crippen LogP contribution in [0.5, 0.6) is 17.2 Å². The van der Waals surface area contributed by atoms with Crippen molar-refractivity contribution in [2.45, 2.75) is 80.7 Å². The maximum Gasteiger partial charge on any atom is 0.340 e. The fourth-order valence-corrected chi connectivity index (χ4v) is 9.43. The number of carbonyl (C=O) groups is 4. The van der Waals surface area contributed by atoms with Gasteiger partial charge in [0.1, 0.15) is 35.6 Å². The van der Waals surface area contributed by atoms with E-state index in [9.17, 15) is 73.4 Å². The molecule has 6 atom stereocenters. The van der Waals surface area contributed by atoms with Crippen molar-refractivity contribution in [3.8, 4) is 17.2 Å². The monoisotopic (exact) mass is 773 g/mol. The number of amides is 1. The molecule has 0 bridgehead atoms. The summed E-state index contributed by atoms with van der Waals surface area (Å²) < 4.78 is 40.3. The molecule has 0 unspecified atom stereocenters. The van der Waals surface area contributed by atoms with Crippen LogP contribution in [0.3, 0.4) is 0 Å². The molecule has 10 N–H and O–H groups in total. The van der Waals surface area contributed by atoms with Crippen LogP contribution in [-0.2, 0) is 34.6 Å². The lowest BCUT2D eigenvalue weighted by atomic mass is 9.72. The molecule has 1 amide bonds. The number of ketones is 3. The van der Waals surface area contributed by atoms with Gasteiger partial charge in [-0.3, -0.25) is 28.3 Å². The summed E-state index contributed by atoms with van der Waals surface area (Å²) in [7, 11) is -9.37. The fraction of sp³-hybridized carbons (Fsp3) is 0.484. The van der Waals surface area contributed by atoms with Crippen molar-refractivity contribution < 1.29 is 87.6 Å². The number of aliphatic hydroxyl groups excluding tert-OH is 2. The topological polar surface area (TPSA) is 324 Å². The first-order valence-corrected chi connectivity index (χ1v) is 19.1. The van der Waals surface area contributed by atoms with Crippen LogP contribution in [-0.4, -0.2) is 118 Å². The summed E-state index contributed by atoms with van der Waals surface area (Å²) >= 11 is 0. The second-order valence-corrected chi connectivity index (χ2v) is 16.9. The van der Waals surface area contributed by atoms with E-state index in [1.807, 2.05) is 0 Å². The highest BCUT2D eigenvalue weighted by atomic mass is 31.2. The summed E-state index contributed by atoms with van der Waals surface area (Å²) in [5.41, 5.74) is -4.62. The number of hydrogen-bond donors (Lipinski definition) is 10. The zero-order valence-electron chi connectivity index (χ0n) is 27.5. The highest BCUT2D eigenvalue weighted by Crippen LogP contribution is 2.61. The molecule has 1 heterocycles. The summed E-state index contributed by atoms with van der Waals surface area (Å²) in [5.74, 6) is -5.48. The van der Waals surface area contributed by atoms with Crippen LogP contribution in [0.25, 0.3) is 0 Å². The molecular formula is C31H37NO18P2. The number of benzene rings is 2. The molecule has 2 aromatic rings. The third-order valence-corrected chi connectivity index (χ3v) is 13.4. The predicted octanol–water partition coefficient (Wildman–Crippen LogP) is -0.380. The third-order valence-electron chi connectivity index (χ3n) is 9.51. The number of aromatic hydroxyl groups is 2. The Hall–Kier alpha value is -3.58. The van der Waals surface area contributed by atoms with Crippen LogP contribution in [0.4, 0.5) is 0 Å². The van der Waals surface area contributed by atoms with E-state index < -0.39 is 135 Å². The van der Waals surface area contributed by atoms with E-state index >= 15 is 0 Å². The molecule has 21 heteroatoms. The van der Waals surface area contributed by atoms with Crippen LogP contribution >= 0.6 is 15.2 Å². The molecule has 0 saturated carbocycles. The van der Waals surface area contributed by atoms with E-state index in [0.29, 0.717) is 0 Å². The Bertz CT molecular complexity index is 1900. The maximum absolute atomic E-state index is 13.8. The van der Waals surface area contributed by atoms with E-state index in [2.05, 4.69) is 5.32 Å². The molecule has 1 saturated heterocycles. The van der Waals surface area contributed by atoms with Gasteiger partial charge < -0.3 is 64.6 Å². The summed E-state index contributed by atoms with van der Waals surface area (Å²) in [6.07, 6.45) is -8.99. The zero-order chi connectivity index (χ0) is 38.7. The Morgan fingerprint density at radius 3 is 2.27 bits per heavy atom. The third kappa shape index (κ3) is 7.19. The molecule has 2 aromatic carbocycles. The number of nitrogens with one attached hydrogen (secondary N) is 1. The maximum atomic E-state index is 13.8. The lowest BCUT2D eigenvalue weighted by molar-refractivity contribution is -0.249. The van der Waals surface area contributed by atoms with Gasteiger partial charge in [-0.25, -0.2) is 0 Å². The molecule has 52 heavy (non-hydrogen) atoms. The molecule has 0 spiro atoms. The number of ether oxygens (including phenoxy) is 3. The average molecular weight is 774 g/mol. The van der Waals surface area contributed by atoms with E-state index in [4.69, 9.17) is 14.2 Å². The number of hydrogen-bond acceptors (Lipinski definition) is 14. The Morgan fingerprint density at radius 2 is 1.67 bits per heavy atom. The van der Waals surface area contributed by atoms with Crippen LogP contribution in [0.1, 0.15) is 81.7 Å². The van der Waals surface area contributed by atoms with Crippen molar-refractivity contribution in [2.75, 3.05) is 13.7 Å². The number of methoxy groups -OCH3 is 1. The summed E-state index contributed by atoms with van der Waals surface area (Å²) in [5, 5.41) is 55.0. The van der Waals surface area contributed by atoms with Crippen LogP contribution in [0, 0.1) is 0 Å².